The molecule has 3 N–H and O–H groups in total. The lowest BCUT2D eigenvalue weighted by Gasteiger charge is -2.07. The molecule has 0 atom stereocenters. The highest BCUT2D eigenvalue weighted by atomic mass is 35.5. The maximum absolute atomic E-state index is 11.8. The van der Waals surface area contributed by atoms with Crippen LogP contribution in [0.5, 0.6) is 0 Å². The van der Waals surface area contributed by atoms with Crippen molar-refractivity contribution in [2.24, 2.45) is 0 Å². The topological polar surface area (TPSA) is 55.1 Å². The summed E-state index contributed by atoms with van der Waals surface area (Å²) in [6.07, 6.45) is 0. The highest BCUT2D eigenvalue weighted by molar-refractivity contribution is 8.00. The van der Waals surface area contributed by atoms with Gasteiger partial charge in [0.05, 0.1) is 10.8 Å². The molecule has 0 unspecified atom stereocenters. The summed E-state index contributed by atoms with van der Waals surface area (Å²) in [6.45, 7) is 0.478. The van der Waals surface area contributed by atoms with Crippen LogP contribution < -0.4 is 11.1 Å². The van der Waals surface area contributed by atoms with Crippen molar-refractivity contribution < 1.29 is 4.79 Å². The molecule has 0 spiro atoms. The Balaban J connectivity index is 1.80. The molecule has 0 aliphatic rings. The molecule has 0 bridgehead atoms. The average Bonchev–Trinajstić information content (AvgIpc) is 2.46. The Bertz CT molecular complexity index is 632. The van der Waals surface area contributed by atoms with Crippen molar-refractivity contribution in [1.82, 2.24) is 5.32 Å². The summed E-state index contributed by atoms with van der Waals surface area (Å²) in [5, 5.41) is 4.09. The highest BCUT2D eigenvalue weighted by Crippen LogP contribution is 2.28. The number of nitrogens with one attached hydrogen (secondary N) is 1. The van der Waals surface area contributed by atoms with Crippen LogP contribution in [0, 0.1) is 0 Å². The number of nitrogens with two attached hydrogens (primary N) is 1. The lowest BCUT2D eigenvalue weighted by Crippen LogP contribution is -2.24. The molecule has 0 aliphatic carbocycles. The van der Waals surface area contributed by atoms with E-state index in [2.05, 4.69) is 5.32 Å². The van der Waals surface area contributed by atoms with Gasteiger partial charge in [0.2, 0.25) is 5.91 Å². The van der Waals surface area contributed by atoms with Gasteiger partial charge in [-0.25, -0.2) is 0 Å². The van der Waals surface area contributed by atoms with Gasteiger partial charge in [-0.15, -0.1) is 11.8 Å². The Labute approximate surface area is 137 Å². The third-order valence-electron chi connectivity index (χ3n) is 2.72. The predicted molar refractivity (Wildman–Crippen MR) is 89.9 cm³/mol. The van der Waals surface area contributed by atoms with Gasteiger partial charge in [0.15, 0.2) is 0 Å². The summed E-state index contributed by atoms with van der Waals surface area (Å²) >= 11 is 13.2. The van der Waals surface area contributed by atoms with E-state index in [4.69, 9.17) is 28.9 Å². The van der Waals surface area contributed by atoms with E-state index in [1.165, 1.54) is 11.8 Å². The molecule has 1 amide bonds. The summed E-state index contributed by atoms with van der Waals surface area (Å²) in [5.74, 6) is 0.250. The molecule has 0 saturated heterocycles. The van der Waals surface area contributed by atoms with Crippen molar-refractivity contribution in [3.05, 3.63) is 58.1 Å². The first-order valence-electron chi connectivity index (χ1n) is 6.23. The van der Waals surface area contributed by atoms with Gasteiger partial charge in [0.25, 0.3) is 0 Å². The van der Waals surface area contributed by atoms with Gasteiger partial charge in [-0.05, 0) is 35.9 Å². The fourth-order valence-electron chi connectivity index (χ4n) is 1.63. The molecule has 3 nitrogen and oxygen atoms in total. The van der Waals surface area contributed by atoms with Gasteiger partial charge in [-0.1, -0.05) is 35.3 Å². The Hall–Kier alpha value is -1.36. The molecule has 0 aromatic heterocycles. The summed E-state index contributed by atoms with van der Waals surface area (Å²) in [6, 6.07) is 12.6. The largest absolute Gasteiger partial charge is 0.399 e. The minimum absolute atomic E-state index is 0.0529. The van der Waals surface area contributed by atoms with Gasteiger partial charge >= 0.3 is 0 Å². The average molecular weight is 341 g/mol. The van der Waals surface area contributed by atoms with Crippen LogP contribution in [-0.2, 0) is 11.3 Å². The Morgan fingerprint density at radius 1 is 1.14 bits per heavy atom. The molecular weight excluding hydrogens is 327 g/mol. The Morgan fingerprint density at radius 2 is 1.86 bits per heavy atom. The Morgan fingerprint density at radius 3 is 2.52 bits per heavy atom. The number of nitrogen functional groups attached to an aromatic ring is 1. The first kappa shape index (κ1) is 16.0. The number of carbonyl (C=O) groups excluding carboxylic acids is 1. The van der Waals surface area contributed by atoms with Crippen LogP contribution in [0.15, 0.2) is 47.4 Å². The number of hydrogen-bond donors (Lipinski definition) is 2. The van der Waals surface area contributed by atoms with Crippen LogP contribution >= 0.6 is 35.0 Å². The molecule has 6 heteroatoms. The number of hydrogen-bond acceptors (Lipinski definition) is 3. The van der Waals surface area contributed by atoms with Crippen LogP contribution in [0.2, 0.25) is 10.0 Å². The van der Waals surface area contributed by atoms with E-state index in [0.29, 0.717) is 28.0 Å². The highest BCUT2D eigenvalue weighted by Gasteiger charge is 2.06. The molecule has 2 aromatic rings. The molecule has 110 valence electrons. The van der Waals surface area contributed by atoms with Crippen molar-refractivity contribution in [3.63, 3.8) is 0 Å². The maximum atomic E-state index is 11.8. The fourth-order valence-corrected chi connectivity index (χ4v) is 2.86. The monoisotopic (exact) mass is 340 g/mol. The minimum atomic E-state index is -0.0529. The van der Waals surface area contributed by atoms with Gasteiger partial charge < -0.3 is 11.1 Å². The van der Waals surface area contributed by atoms with Gasteiger partial charge in [-0.2, -0.15) is 0 Å². The zero-order valence-corrected chi connectivity index (χ0v) is 13.4. The van der Waals surface area contributed by atoms with Crippen LogP contribution in [0.25, 0.3) is 0 Å². The van der Waals surface area contributed by atoms with E-state index >= 15 is 0 Å². The first-order chi connectivity index (χ1) is 10.0. The molecule has 2 rings (SSSR count). The molecule has 0 fully saturated rings. The number of carbonyl (C=O) groups is 1. The summed E-state index contributed by atoms with van der Waals surface area (Å²) in [4.78, 5) is 12.6. The van der Waals surface area contributed by atoms with E-state index in [9.17, 15) is 4.79 Å². The SMILES string of the molecule is Nc1ccc(SCC(=O)NCc2ccc(Cl)cc2)c(Cl)c1. The van der Waals surface area contributed by atoms with E-state index in [-0.39, 0.29) is 5.91 Å². The molecule has 0 saturated carbocycles. The summed E-state index contributed by atoms with van der Waals surface area (Å²) < 4.78 is 0. The van der Waals surface area contributed by atoms with Gasteiger partial charge in [-0.3, -0.25) is 4.79 Å². The van der Waals surface area contributed by atoms with Crippen molar-refractivity contribution in [3.8, 4) is 0 Å². The summed E-state index contributed by atoms with van der Waals surface area (Å²) in [7, 11) is 0. The third kappa shape index (κ3) is 5.16. The summed E-state index contributed by atoms with van der Waals surface area (Å²) in [5.41, 5.74) is 7.23. The molecule has 0 aliphatic heterocycles. The number of benzene rings is 2. The number of thioether (sulfide) groups is 1. The lowest BCUT2D eigenvalue weighted by molar-refractivity contribution is -0.118. The lowest BCUT2D eigenvalue weighted by atomic mass is 10.2. The van der Waals surface area contributed by atoms with Crippen LogP contribution in [0.1, 0.15) is 5.56 Å². The molecule has 21 heavy (non-hydrogen) atoms. The van der Waals surface area contributed by atoms with E-state index < -0.39 is 0 Å². The molecule has 0 radical (unpaired) electrons. The van der Waals surface area contributed by atoms with E-state index in [1.54, 1.807) is 24.3 Å². The molecule has 2 aromatic carbocycles. The molecule has 0 heterocycles. The second kappa shape index (κ2) is 7.59. The van der Waals surface area contributed by atoms with E-state index in [1.807, 2.05) is 18.2 Å². The first-order valence-corrected chi connectivity index (χ1v) is 7.98. The zero-order valence-electron chi connectivity index (χ0n) is 11.1. The number of rotatable bonds is 5. The smallest absolute Gasteiger partial charge is 0.230 e. The van der Waals surface area contributed by atoms with Crippen molar-refractivity contribution in [1.29, 1.82) is 0 Å². The van der Waals surface area contributed by atoms with E-state index in [0.717, 1.165) is 10.5 Å². The second-order valence-corrected chi connectivity index (χ2v) is 6.24. The second-order valence-electron chi connectivity index (χ2n) is 4.38. The van der Waals surface area contributed by atoms with Crippen molar-refractivity contribution >= 4 is 46.6 Å². The zero-order chi connectivity index (χ0) is 15.2. The fraction of sp³-hybridized carbons (Fsp3) is 0.133. The molecular formula is C15H14Cl2N2OS. The minimum Gasteiger partial charge on any atom is -0.399 e. The number of halogens is 2. The van der Waals surface area contributed by atoms with Crippen LogP contribution in [0.4, 0.5) is 5.69 Å². The number of anilines is 1. The number of amides is 1. The van der Waals surface area contributed by atoms with Crippen LogP contribution in [0.3, 0.4) is 0 Å². The quantitative estimate of drug-likeness (QED) is 0.639. The maximum Gasteiger partial charge on any atom is 0.230 e. The Kier molecular flexibility index (Phi) is 5.79. The van der Waals surface area contributed by atoms with Gasteiger partial charge in [0.1, 0.15) is 0 Å². The standard InChI is InChI=1S/C15H14Cl2N2OS/c16-11-3-1-10(2-4-11)8-19-15(20)9-21-14-6-5-12(18)7-13(14)17/h1-7H,8-9,18H2,(H,19,20). The van der Waals surface area contributed by atoms with Crippen molar-refractivity contribution in [2.75, 3.05) is 11.5 Å². The van der Waals surface area contributed by atoms with Crippen molar-refractivity contribution in [2.45, 2.75) is 11.4 Å². The van der Waals surface area contributed by atoms with Crippen LogP contribution in [-0.4, -0.2) is 11.7 Å². The van der Waals surface area contributed by atoms with Gasteiger partial charge in [0, 0.05) is 22.2 Å². The third-order valence-corrected chi connectivity index (χ3v) is 4.47. The predicted octanol–water partition coefficient (Wildman–Crippen LogP) is 3.98. The normalized spacial score (nSPS) is 10.4.